The fourth-order valence-corrected chi connectivity index (χ4v) is 1.10. The molecule has 0 aliphatic carbocycles. The van der Waals surface area contributed by atoms with Crippen molar-refractivity contribution in [2.24, 2.45) is 0 Å². The molecule has 1 aromatic rings. The average molecular weight is 258 g/mol. The van der Waals surface area contributed by atoms with E-state index >= 15 is 0 Å². The van der Waals surface area contributed by atoms with E-state index in [1.807, 2.05) is 51.1 Å². The van der Waals surface area contributed by atoms with Crippen LogP contribution >= 0.6 is 12.4 Å². The van der Waals surface area contributed by atoms with Gasteiger partial charge in [-0.3, -0.25) is 4.79 Å². The number of rotatable bonds is 5. The van der Waals surface area contributed by atoms with E-state index in [0.717, 1.165) is 5.75 Å². The van der Waals surface area contributed by atoms with Gasteiger partial charge in [-0.25, -0.2) is 0 Å². The van der Waals surface area contributed by atoms with Crippen LogP contribution in [0.15, 0.2) is 30.3 Å². The van der Waals surface area contributed by atoms with E-state index in [1.165, 1.54) is 0 Å². The summed E-state index contributed by atoms with van der Waals surface area (Å²) in [6.07, 6.45) is 0. The summed E-state index contributed by atoms with van der Waals surface area (Å²) in [6, 6.07) is 9.35. The van der Waals surface area contributed by atoms with Crippen LogP contribution in [0, 0.1) is 0 Å². The minimum Gasteiger partial charge on any atom is -0.486 e. The summed E-state index contributed by atoms with van der Waals surface area (Å²) in [5.41, 5.74) is -0.0393. The summed E-state index contributed by atoms with van der Waals surface area (Å²) >= 11 is 0. The molecule has 1 aromatic carbocycles. The lowest BCUT2D eigenvalue weighted by atomic mass is 10.1. The Labute approximate surface area is 109 Å². The standard InChI is InChI=1S/C13H19NO2.ClH/c1-13(2,3)14-9-11(15)10-16-12-7-5-4-6-8-12;/h4-8,14H,9-10H2,1-3H3;1H. The highest BCUT2D eigenvalue weighted by Gasteiger charge is 2.11. The van der Waals surface area contributed by atoms with Crippen molar-refractivity contribution >= 4 is 18.2 Å². The van der Waals surface area contributed by atoms with Crippen molar-refractivity contribution < 1.29 is 9.53 Å². The van der Waals surface area contributed by atoms with Crippen LogP contribution in [0.3, 0.4) is 0 Å². The fourth-order valence-electron chi connectivity index (χ4n) is 1.10. The number of hydrogen-bond acceptors (Lipinski definition) is 3. The van der Waals surface area contributed by atoms with Gasteiger partial charge in [0.1, 0.15) is 12.4 Å². The molecule has 0 spiro atoms. The quantitative estimate of drug-likeness (QED) is 0.881. The number of ether oxygens (including phenoxy) is 1. The van der Waals surface area contributed by atoms with E-state index in [1.54, 1.807) is 0 Å². The van der Waals surface area contributed by atoms with E-state index in [-0.39, 0.29) is 30.3 Å². The molecule has 0 amide bonds. The predicted octanol–water partition coefficient (Wildman–Crippen LogP) is 2.44. The highest BCUT2D eigenvalue weighted by atomic mass is 35.5. The molecule has 1 rings (SSSR count). The molecule has 0 aromatic heterocycles. The summed E-state index contributed by atoms with van der Waals surface area (Å²) in [7, 11) is 0. The van der Waals surface area contributed by atoms with E-state index in [2.05, 4.69) is 5.32 Å². The molecule has 0 radical (unpaired) electrons. The van der Waals surface area contributed by atoms with Crippen molar-refractivity contribution in [3.63, 3.8) is 0 Å². The minimum absolute atomic E-state index is 0. The molecule has 0 aliphatic rings. The molecule has 0 fully saturated rings. The highest BCUT2D eigenvalue weighted by molar-refractivity contribution is 5.85. The molecule has 0 unspecified atom stereocenters. The molecule has 0 atom stereocenters. The number of ketones is 1. The summed E-state index contributed by atoms with van der Waals surface area (Å²) < 4.78 is 5.34. The third kappa shape index (κ3) is 7.77. The maximum atomic E-state index is 11.5. The lowest BCUT2D eigenvalue weighted by molar-refractivity contribution is -0.120. The zero-order valence-corrected chi connectivity index (χ0v) is 11.3. The molecule has 0 heterocycles. The van der Waals surface area contributed by atoms with Crippen molar-refractivity contribution in [3.8, 4) is 5.75 Å². The summed E-state index contributed by atoms with van der Waals surface area (Å²) in [5.74, 6) is 0.783. The third-order valence-electron chi connectivity index (χ3n) is 1.96. The van der Waals surface area contributed by atoms with Crippen LogP contribution < -0.4 is 10.1 Å². The monoisotopic (exact) mass is 257 g/mol. The Kier molecular flexibility index (Phi) is 6.85. The van der Waals surface area contributed by atoms with Crippen LogP contribution in [0.25, 0.3) is 0 Å². The summed E-state index contributed by atoms with van der Waals surface area (Å²) in [6.45, 7) is 6.54. The van der Waals surface area contributed by atoms with Crippen molar-refractivity contribution in [2.75, 3.05) is 13.2 Å². The van der Waals surface area contributed by atoms with Gasteiger partial charge in [-0.2, -0.15) is 0 Å². The number of carbonyl (C=O) groups is 1. The van der Waals surface area contributed by atoms with Gasteiger partial charge in [-0.15, -0.1) is 12.4 Å². The normalized spacial score (nSPS) is 10.5. The topological polar surface area (TPSA) is 38.3 Å². The van der Waals surface area contributed by atoms with E-state index < -0.39 is 0 Å². The Morgan fingerprint density at radius 3 is 2.35 bits per heavy atom. The van der Waals surface area contributed by atoms with Crippen LogP contribution in [-0.4, -0.2) is 24.5 Å². The molecule has 0 saturated carbocycles. The first-order valence-corrected chi connectivity index (χ1v) is 5.42. The van der Waals surface area contributed by atoms with E-state index in [4.69, 9.17) is 4.74 Å². The first-order chi connectivity index (χ1) is 7.47. The summed E-state index contributed by atoms with van der Waals surface area (Å²) in [5, 5.41) is 3.13. The molecule has 1 N–H and O–H groups in total. The third-order valence-corrected chi connectivity index (χ3v) is 1.96. The van der Waals surface area contributed by atoms with Crippen LogP contribution in [0.1, 0.15) is 20.8 Å². The molecule has 3 nitrogen and oxygen atoms in total. The molecule has 0 bridgehead atoms. The number of nitrogens with one attached hydrogen (secondary N) is 1. The highest BCUT2D eigenvalue weighted by Crippen LogP contribution is 2.07. The van der Waals surface area contributed by atoms with Crippen LogP contribution in [-0.2, 0) is 4.79 Å². The van der Waals surface area contributed by atoms with Crippen molar-refractivity contribution in [1.82, 2.24) is 5.32 Å². The summed E-state index contributed by atoms with van der Waals surface area (Å²) in [4.78, 5) is 11.5. The largest absolute Gasteiger partial charge is 0.486 e. The second-order valence-electron chi connectivity index (χ2n) is 4.74. The maximum Gasteiger partial charge on any atom is 0.183 e. The Morgan fingerprint density at radius 1 is 1.24 bits per heavy atom. The van der Waals surface area contributed by atoms with Gasteiger partial charge < -0.3 is 10.1 Å². The van der Waals surface area contributed by atoms with Gasteiger partial charge in [0.05, 0.1) is 6.54 Å². The van der Waals surface area contributed by atoms with Gasteiger partial charge in [-0.05, 0) is 32.9 Å². The SMILES string of the molecule is CC(C)(C)NCC(=O)COc1ccccc1.Cl. The van der Waals surface area contributed by atoms with Gasteiger partial charge in [0.2, 0.25) is 0 Å². The zero-order valence-electron chi connectivity index (χ0n) is 10.5. The van der Waals surface area contributed by atoms with Crippen molar-refractivity contribution in [2.45, 2.75) is 26.3 Å². The predicted molar refractivity (Wildman–Crippen MR) is 71.9 cm³/mol. The molecule has 17 heavy (non-hydrogen) atoms. The Bertz CT molecular complexity index is 333. The molecule has 4 heteroatoms. The number of carbonyl (C=O) groups excluding carboxylic acids is 1. The molecule has 0 saturated heterocycles. The second-order valence-corrected chi connectivity index (χ2v) is 4.74. The van der Waals surface area contributed by atoms with Crippen molar-refractivity contribution in [3.05, 3.63) is 30.3 Å². The minimum atomic E-state index is -0.0393. The van der Waals surface area contributed by atoms with E-state index in [9.17, 15) is 4.79 Å². The number of benzene rings is 1. The number of halogens is 1. The molecule has 0 aliphatic heterocycles. The first kappa shape index (κ1) is 15.9. The van der Waals surface area contributed by atoms with Crippen LogP contribution in [0.4, 0.5) is 0 Å². The Morgan fingerprint density at radius 2 is 1.82 bits per heavy atom. The number of hydrogen-bond donors (Lipinski definition) is 1. The Balaban J connectivity index is 0.00000256. The Hall–Kier alpha value is -1.06. The van der Waals surface area contributed by atoms with Gasteiger partial charge in [0.25, 0.3) is 0 Å². The van der Waals surface area contributed by atoms with Crippen molar-refractivity contribution in [1.29, 1.82) is 0 Å². The van der Waals surface area contributed by atoms with E-state index in [0.29, 0.717) is 6.54 Å². The first-order valence-electron chi connectivity index (χ1n) is 5.42. The zero-order chi connectivity index (χ0) is 12.0. The molecular formula is C13H20ClNO2. The maximum absolute atomic E-state index is 11.5. The number of Topliss-reactive ketones (excluding diaryl/α,β-unsaturated/α-hetero) is 1. The lowest BCUT2D eigenvalue weighted by Gasteiger charge is -2.19. The number of para-hydroxylation sites is 1. The van der Waals surface area contributed by atoms with Gasteiger partial charge in [0, 0.05) is 5.54 Å². The van der Waals surface area contributed by atoms with Gasteiger partial charge in [-0.1, -0.05) is 18.2 Å². The second kappa shape index (κ2) is 7.30. The lowest BCUT2D eigenvalue weighted by Crippen LogP contribution is -2.40. The van der Waals surface area contributed by atoms with Gasteiger partial charge >= 0.3 is 0 Å². The fraction of sp³-hybridized carbons (Fsp3) is 0.462. The molecular weight excluding hydrogens is 238 g/mol. The van der Waals surface area contributed by atoms with Crippen LogP contribution in [0.5, 0.6) is 5.75 Å². The average Bonchev–Trinajstić information content (AvgIpc) is 2.24. The molecule has 96 valence electrons. The van der Waals surface area contributed by atoms with Crippen LogP contribution in [0.2, 0.25) is 0 Å². The smallest absolute Gasteiger partial charge is 0.183 e. The van der Waals surface area contributed by atoms with Gasteiger partial charge in [0.15, 0.2) is 5.78 Å².